The Hall–Kier alpha value is -5.27. The Bertz CT molecular complexity index is 2040. The third-order valence-corrected chi connectivity index (χ3v) is 7.33. The molecule has 2 N–H and O–H groups in total. The summed E-state index contributed by atoms with van der Waals surface area (Å²) in [6.07, 6.45) is 0. The normalized spacial score (nSPS) is 11.4. The van der Waals surface area contributed by atoms with Crippen LogP contribution in [0, 0.1) is 0 Å². The van der Waals surface area contributed by atoms with Gasteiger partial charge in [0.1, 0.15) is 0 Å². The minimum absolute atomic E-state index is 0. The third kappa shape index (κ3) is 3.74. The minimum Gasteiger partial charge on any atom is -0.412 e. The van der Waals surface area contributed by atoms with Gasteiger partial charge in [0.05, 0.1) is 23.3 Å². The van der Waals surface area contributed by atoms with Crippen LogP contribution in [0.2, 0.25) is 0 Å². The molecule has 0 atom stereocenters. The Morgan fingerprint density at radius 2 is 0.571 bits per heavy atom. The second kappa shape index (κ2) is 9.68. The molecule has 3 aromatic heterocycles. The molecule has 198 valence electrons. The topological polar surface area (TPSA) is 137 Å². The first-order valence-electron chi connectivity index (χ1n) is 12.9. The largest absolute Gasteiger partial charge is 2.00 e. The van der Waals surface area contributed by atoms with Crippen molar-refractivity contribution in [2.24, 2.45) is 0 Å². The number of fused-ring (bicyclic) bond motifs is 20. The molecule has 7 aromatic rings. The van der Waals surface area contributed by atoms with E-state index in [1.165, 1.54) is 0 Å². The quantitative estimate of drug-likeness (QED) is 0.235. The summed E-state index contributed by atoms with van der Waals surface area (Å²) in [6, 6.07) is 31.8. The van der Waals surface area contributed by atoms with Gasteiger partial charge >= 0.3 is 17.4 Å². The molecule has 0 unspecified atom stereocenters. The summed E-state index contributed by atoms with van der Waals surface area (Å²) >= 11 is 0. The van der Waals surface area contributed by atoms with Crippen molar-refractivity contribution in [3.05, 3.63) is 97.1 Å². The summed E-state index contributed by atoms with van der Waals surface area (Å²) in [5.74, 6) is 2.21. The molecule has 9 nitrogen and oxygen atoms in total. The molecule has 0 spiro atoms. The molecule has 4 aromatic carbocycles. The Labute approximate surface area is 248 Å². The summed E-state index contributed by atoms with van der Waals surface area (Å²) in [4.78, 5) is 39.3. The van der Waals surface area contributed by atoms with E-state index in [1.807, 2.05) is 97.1 Å². The molecule has 5 heterocycles. The molecule has 0 amide bonds. The van der Waals surface area contributed by atoms with Gasteiger partial charge in [-0.25, -0.2) is 9.97 Å². The smallest absolute Gasteiger partial charge is 0.412 e. The first-order valence-corrected chi connectivity index (χ1v) is 12.9. The summed E-state index contributed by atoms with van der Waals surface area (Å²) in [5.41, 5.74) is 5.78. The molecule has 2 aliphatic rings. The van der Waals surface area contributed by atoms with Crippen LogP contribution in [-0.4, -0.2) is 35.4 Å². The van der Waals surface area contributed by atoms with E-state index in [2.05, 4.69) is 0 Å². The molecule has 0 fully saturated rings. The Kier molecular flexibility index (Phi) is 5.92. The van der Waals surface area contributed by atoms with Crippen LogP contribution >= 0.6 is 0 Å². The van der Waals surface area contributed by atoms with E-state index in [4.69, 9.17) is 39.9 Å². The van der Waals surface area contributed by atoms with Crippen molar-refractivity contribution < 1.29 is 22.8 Å². The van der Waals surface area contributed by atoms with Gasteiger partial charge in [0, 0.05) is 44.8 Å². The molecular formula is C32H18CrN8O. The predicted molar refractivity (Wildman–Crippen MR) is 158 cm³/mol. The SMILES string of the molecule is O.[Cr+2].c1ccc2c(c1)-c1nc-2nc2[n-]c(nc3nc(nc4[n-]c(n1)c1ccccc41)-c1ccccc1-3)c1ccccc21. The summed E-state index contributed by atoms with van der Waals surface area (Å²) in [7, 11) is 0. The number of hydrogen-bond acceptors (Lipinski definition) is 6. The molecule has 10 heteroatoms. The van der Waals surface area contributed by atoms with Crippen LogP contribution in [0.25, 0.3) is 89.7 Å². The molecule has 0 radical (unpaired) electrons. The average molecular weight is 583 g/mol. The van der Waals surface area contributed by atoms with Gasteiger partial charge in [-0.1, -0.05) is 97.1 Å². The van der Waals surface area contributed by atoms with Crippen molar-refractivity contribution in [2.75, 3.05) is 0 Å². The number of nitrogens with zero attached hydrogens (tertiary/aromatic N) is 8. The molecular weight excluding hydrogens is 564 g/mol. The zero-order valence-electron chi connectivity index (χ0n) is 21.7. The van der Waals surface area contributed by atoms with Crippen LogP contribution in [0.4, 0.5) is 0 Å². The zero-order valence-corrected chi connectivity index (χ0v) is 23.0. The molecule has 8 bridgehead atoms. The number of rotatable bonds is 0. The van der Waals surface area contributed by atoms with Crippen LogP contribution in [0.5, 0.6) is 0 Å². The van der Waals surface area contributed by atoms with E-state index in [0.29, 0.717) is 45.9 Å². The minimum atomic E-state index is 0. The van der Waals surface area contributed by atoms with E-state index in [-0.39, 0.29) is 22.8 Å². The van der Waals surface area contributed by atoms with E-state index < -0.39 is 0 Å². The van der Waals surface area contributed by atoms with Crippen molar-refractivity contribution in [2.45, 2.75) is 0 Å². The van der Waals surface area contributed by atoms with Crippen LogP contribution in [0.3, 0.4) is 0 Å². The van der Waals surface area contributed by atoms with Crippen molar-refractivity contribution in [3.8, 4) is 45.6 Å². The van der Waals surface area contributed by atoms with Gasteiger partial charge in [-0.2, -0.15) is 0 Å². The third-order valence-electron chi connectivity index (χ3n) is 7.33. The van der Waals surface area contributed by atoms with Crippen molar-refractivity contribution >= 4 is 44.1 Å². The van der Waals surface area contributed by atoms with Crippen LogP contribution < -0.4 is 9.97 Å². The van der Waals surface area contributed by atoms with E-state index in [9.17, 15) is 0 Å². The Morgan fingerprint density at radius 3 is 0.833 bits per heavy atom. The molecule has 0 saturated heterocycles. The van der Waals surface area contributed by atoms with Crippen LogP contribution in [-0.2, 0) is 17.4 Å². The van der Waals surface area contributed by atoms with Crippen LogP contribution in [0.15, 0.2) is 97.1 Å². The fourth-order valence-electron chi connectivity index (χ4n) is 5.46. The van der Waals surface area contributed by atoms with Crippen LogP contribution in [0.1, 0.15) is 0 Å². The van der Waals surface area contributed by atoms with Gasteiger partial charge in [0.25, 0.3) is 0 Å². The van der Waals surface area contributed by atoms with E-state index >= 15 is 0 Å². The fraction of sp³-hybridized carbons (Fsp3) is 0. The van der Waals surface area contributed by atoms with Crippen molar-refractivity contribution in [1.29, 1.82) is 0 Å². The Balaban J connectivity index is 0.00000144. The summed E-state index contributed by atoms with van der Waals surface area (Å²) < 4.78 is 0. The van der Waals surface area contributed by atoms with Crippen molar-refractivity contribution in [1.82, 2.24) is 39.9 Å². The van der Waals surface area contributed by atoms with Gasteiger partial charge < -0.3 is 35.4 Å². The monoisotopic (exact) mass is 582 g/mol. The molecule has 0 aliphatic carbocycles. The van der Waals surface area contributed by atoms with E-state index in [1.54, 1.807) is 0 Å². The van der Waals surface area contributed by atoms with Gasteiger partial charge in [-0.05, 0) is 21.5 Å². The second-order valence-corrected chi connectivity index (χ2v) is 9.67. The Morgan fingerprint density at radius 1 is 0.333 bits per heavy atom. The van der Waals surface area contributed by atoms with Gasteiger partial charge in [-0.3, -0.25) is 0 Å². The standard InChI is InChI=1S/C32H16N8.Cr.H2O/c1-2-10-18-17(9-1)25-33-26(18)38-28-21-13-5-6-14-22(21)30(35-28)40-32-24-16-8-7-15-23(24)31(36-32)39-29-20-12-4-3-11-19(20)27(34-29)37-25;;/h1-16H;;1H2/q-2;+2;. The molecule has 9 rings (SSSR count). The first kappa shape index (κ1) is 25.7. The summed E-state index contributed by atoms with van der Waals surface area (Å²) in [5, 5.41) is 3.57. The maximum absolute atomic E-state index is 4.95. The van der Waals surface area contributed by atoms with Crippen molar-refractivity contribution in [3.63, 3.8) is 0 Å². The molecule has 2 aliphatic heterocycles. The number of hydrogen-bond donors (Lipinski definition) is 0. The predicted octanol–water partition coefficient (Wildman–Crippen LogP) is 5.30. The maximum atomic E-state index is 4.95. The van der Waals surface area contributed by atoms with Gasteiger partial charge in [-0.15, -0.1) is 0 Å². The second-order valence-electron chi connectivity index (χ2n) is 9.67. The first-order chi connectivity index (χ1) is 19.8. The van der Waals surface area contributed by atoms with Gasteiger partial charge in [0.15, 0.2) is 0 Å². The number of benzene rings is 4. The fourth-order valence-corrected chi connectivity index (χ4v) is 5.46. The maximum Gasteiger partial charge on any atom is 2.00 e. The van der Waals surface area contributed by atoms with Gasteiger partial charge in [0.2, 0.25) is 0 Å². The zero-order chi connectivity index (χ0) is 26.2. The average Bonchev–Trinajstić information content (AvgIpc) is 3.73. The summed E-state index contributed by atoms with van der Waals surface area (Å²) in [6.45, 7) is 0. The van der Waals surface area contributed by atoms with E-state index in [0.717, 1.165) is 43.8 Å². The number of aromatic nitrogens is 8. The molecule has 42 heavy (non-hydrogen) atoms. The molecule has 0 saturated carbocycles.